The lowest BCUT2D eigenvalue weighted by Gasteiger charge is -2.32. The van der Waals surface area contributed by atoms with Gasteiger partial charge in [0.05, 0.1) is 25.3 Å². The zero-order valence-corrected chi connectivity index (χ0v) is 16.0. The summed E-state index contributed by atoms with van der Waals surface area (Å²) < 4.78 is 19.8. The van der Waals surface area contributed by atoms with Crippen molar-refractivity contribution in [2.75, 3.05) is 19.7 Å². The molecule has 29 heavy (non-hydrogen) atoms. The minimum Gasteiger partial charge on any atom is -0.368 e. The molecule has 148 valence electrons. The third-order valence-electron chi connectivity index (χ3n) is 4.97. The normalized spacial score (nSPS) is 16.6. The quantitative estimate of drug-likeness (QED) is 0.669. The van der Waals surface area contributed by atoms with Gasteiger partial charge in [-0.25, -0.2) is 4.39 Å². The molecule has 6 heteroatoms. The van der Waals surface area contributed by atoms with Crippen LogP contribution in [0.5, 0.6) is 0 Å². The monoisotopic (exact) mass is 391 g/mol. The van der Waals surface area contributed by atoms with Gasteiger partial charge in [-0.05, 0) is 35.9 Å². The Kier molecular flexibility index (Phi) is 5.91. The summed E-state index contributed by atoms with van der Waals surface area (Å²) in [5.41, 5.74) is 2.89. The maximum Gasteiger partial charge on any atom is 0.228 e. The topological polar surface area (TPSA) is 55.3 Å². The Bertz CT molecular complexity index is 981. The zero-order valence-electron chi connectivity index (χ0n) is 16.0. The van der Waals surface area contributed by atoms with Gasteiger partial charge in [-0.1, -0.05) is 30.3 Å². The minimum absolute atomic E-state index is 0.0273. The Morgan fingerprint density at radius 3 is 2.72 bits per heavy atom. The molecular weight excluding hydrogens is 369 g/mol. The van der Waals surface area contributed by atoms with Crippen LogP contribution in [0.4, 0.5) is 4.39 Å². The molecule has 1 aromatic carbocycles. The molecule has 1 aliphatic rings. The van der Waals surface area contributed by atoms with Gasteiger partial charge in [-0.3, -0.25) is 14.8 Å². The van der Waals surface area contributed by atoms with E-state index in [0.717, 1.165) is 17.1 Å². The summed E-state index contributed by atoms with van der Waals surface area (Å²) in [6.07, 6.45) is 2.08. The zero-order chi connectivity index (χ0) is 20.1. The number of carbonyl (C=O) groups excluding carboxylic acids is 1. The molecule has 0 aliphatic carbocycles. The fourth-order valence-corrected chi connectivity index (χ4v) is 3.44. The Morgan fingerprint density at radius 1 is 1.07 bits per heavy atom. The van der Waals surface area contributed by atoms with Crippen LogP contribution in [0, 0.1) is 5.82 Å². The summed E-state index contributed by atoms with van der Waals surface area (Å²) in [5, 5.41) is 0. The van der Waals surface area contributed by atoms with E-state index >= 15 is 0 Å². The molecule has 0 radical (unpaired) electrons. The predicted octanol–water partition coefficient (Wildman–Crippen LogP) is 3.35. The van der Waals surface area contributed by atoms with E-state index in [1.165, 1.54) is 6.07 Å². The average molecular weight is 391 g/mol. The summed E-state index contributed by atoms with van der Waals surface area (Å²) in [5.74, 6) is -0.209. The molecule has 1 aliphatic heterocycles. The summed E-state index contributed by atoms with van der Waals surface area (Å²) in [6.45, 7) is 1.46. The number of hydrogen-bond acceptors (Lipinski definition) is 4. The molecule has 3 heterocycles. The first-order valence-electron chi connectivity index (χ1n) is 9.67. The smallest absolute Gasteiger partial charge is 0.228 e. The van der Waals surface area contributed by atoms with Crippen LogP contribution in [-0.2, 0) is 22.4 Å². The lowest BCUT2D eigenvalue weighted by Crippen LogP contribution is -2.43. The number of hydrogen-bond donors (Lipinski definition) is 0. The Morgan fingerprint density at radius 2 is 1.90 bits per heavy atom. The fraction of sp³-hybridized carbons (Fsp3) is 0.261. The first-order valence-corrected chi connectivity index (χ1v) is 9.67. The van der Waals surface area contributed by atoms with Crippen molar-refractivity contribution in [2.45, 2.75) is 18.9 Å². The van der Waals surface area contributed by atoms with Crippen LogP contribution < -0.4 is 0 Å². The average Bonchev–Trinajstić information content (AvgIpc) is 2.76. The molecule has 0 bridgehead atoms. The van der Waals surface area contributed by atoms with Crippen molar-refractivity contribution in [3.05, 3.63) is 95.3 Å². The van der Waals surface area contributed by atoms with Crippen LogP contribution in [0.2, 0.25) is 0 Å². The van der Waals surface area contributed by atoms with E-state index in [1.807, 2.05) is 42.5 Å². The van der Waals surface area contributed by atoms with Crippen LogP contribution in [0.1, 0.15) is 28.7 Å². The summed E-state index contributed by atoms with van der Waals surface area (Å²) in [4.78, 5) is 23.4. The van der Waals surface area contributed by atoms with Gasteiger partial charge in [-0.2, -0.15) is 0 Å². The lowest BCUT2D eigenvalue weighted by atomic mass is 10.1. The second kappa shape index (κ2) is 8.92. The second-order valence-electron chi connectivity index (χ2n) is 7.02. The van der Waals surface area contributed by atoms with Crippen molar-refractivity contribution in [2.24, 2.45) is 0 Å². The molecule has 0 N–H and O–H groups in total. The van der Waals surface area contributed by atoms with E-state index in [2.05, 4.69) is 9.97 Å². The molecule has 1 atom stereocenters. The maximum absolute atomic E-state index is 13.9. The fourth-order valence-electron chi connectivity index (χ4n) is 3.44. The van der Waals surface area contributed by atoms with Crippen LogP contribution in [-0.4, -0.2) is 40.5 Å². The molecule has 2 aromatic heterocycles. The highest BCUT2D eigenvalue weighted by molar-refractivity contribution is 5.78. The van der Waals surface area contributed by atoms with E-state index < -0.39 is 0 Å². The van der Waals surface area contributed by atoms with Crippen LogP contribution in [0.3, 0.4) is 0 Å². The van der Waals surface area contributed by atoms with Gasteiger partial charge in [-0.15, -0.1) is 0 Å². The van der Waals surface area contributed by atoms with Crippen LogP contribution >= 0.6 is 0 Å². The standard InChI is InChI=1S/C23H22FN3O2/c24-20-9-2-1-6-17(20)14-19-8-5-10-21(26-19)22-16-27(12-13-29-22)23(28)15-18-7-3-4-11-25-18/h1-11,22H,12-16H2/t22-/m0/s1. The van der Waals surface area contributed by atoms with E-state index in [9.17, 15) is 9.18 Å². The van der Waals surface area contributed by atoms with Crippen molar-refractivity contribution < 1.29 is 13.9 Å². The number of morpholine rings is 1. The van der Waals surface area contributed by atoms with Gasteiger partial charge in [0, 0.05) is 30.6 Å². The van der Waals surface area contributed by atoms with Gasteiger partial charge >= 0.3 is 0 Å². The Labute approximate surface area is 169 Å². The molecule has 5 nitrogen and oxygen atoms in total. The number of halogens is 1. The first kappa shape index (κ1) is 19.2. The summed E-state index contributed by atoms with van der Waals surface area (Å²) in [6, 6.07) is 17.9. The van der Waals surface area contributed by atoms with Crippen molar-refractivity contribution >= 4 is 5.91 Å². The molecule has 0 saturated carbocycles. The van der Waals surface area contributed by atoms with E-state index in [4.69, 9.17) is 4.74 Å². The number of rotatable bonds is 5. The van der Waals surface area contributed by atoms with Gasteiger partial charge < -0.3 is 9.64 Å². The molecule has 1 amide bonds. The Balaban J connectivity index is 1.44. The van der Waals surface area contributed by atoms with Crippen molar-refractivity contribution in [1.82, 2.24) is 14.9 Å². The molecule has 0 unspecified atom stereocenters. The van der Waals surface area contributed by atoms with Crippen molar-refractivity contribution in [1.29, 1.82) is 0 Å². The molecule has 1 saturated heterocycles. The van der Waals surface area contributed by atoms with Gasteiger partial charge in [0.1, 0.15) is 11.9 Å². The molecule has 0 spiro atoms. The molecule has 4 rings (SSSR count). The van der Waals surface area contributed by atoms with Crippen LogP contribution in [0.25, 0.3) is 0 Å². The number of aromatic nitrogens is 2. The predicted molar refractivity (Wildman–Crippen MR) is 107 cm³/mol. The Hall–Kier alpha value is -3.12. The van der Waals surface area contributed by atoms with E-state index in [1.54, 1.807) is 23.2 Å². The molecule has 3 aromatic rings. The number of carbonyl (C=O) groups is 1. The number of amides is 1. The number of benzene rings is 1. The SMILES string of the molecule is O=C(Cc1ccccn1)N1CCO[C@H](c2cccc(Cc3ccccc3F)n2)C1. The highest BCUT2D eigenvalue weighted by Crippen LogP contribution is 2.22. The highest BCUT2D eigenvalue weighted by Gasteiger charge is 2.26. The van der Waals surface area contributed by atoms with Crippen LogP contribution in [0.15, 0.2) is 66.9 Å². The number of pyridine rings is 2. The third-order valence-corrected chi connectivity index (χ3v) is 4.97. The van der Waals surface area contributed by atoms with Crippen molar-refractivity contribution in [3.63, 3.8) is 0 Å². The van der Waals surface area contributed by atoms with Gasteiger partial charge in [0.25, 0.3) is 0 Å². The molecule has 1 fully saturated rings. The third kappa shape index (κ3) is 4.84. The summed E-state index contributed by atoms with van der Waals surface area (Å²) >= 11 is 0. The number of ether oxygens (including phenoxy) is 1. The largest absolute Gasteiger partial charge is 0.368 e. The van der Waals surface area contributed by atoms with E-state index in [-0.39, 0.29) is 24.2 Å². The highest BCUT2D eigenvalue weighted by atomic mass is 19.1. The lowest BCUT2D eigenvalue weighted by molar-refractivity contribution is -0.138. The first-order chi connectivity index (χ1) is 14.2. The summed E-state index contributed by atoms with van der Waals surface area (Å²) in [7, 11) is 0. The number of nitrogens with zero attached hydrogens (tertiary/aromatic N) is 3. The molecular formula is C23H22FN3O2. The minimum atomic E-state index is -0.294. The maximum atomic E-state index is 13.9. The van der Waals surface area contributed by atoms with Gasteiger partial charge in [0.15, 0.2) is 0 Å². The van der Waals surface area contributed by atoms with Gasteiger partial charge in [0.2, 0.25) is 5.91 Å². The van der Waals surface area contributed by atoms with Crippen molar-refractivity contribution in [3.8, 4) is 0 Å². The van der Waals surface area contributed by atoms with E-state index in [0.29, 0.717) is 31.7 Å². The second-order valence-corrected chi connectivity index (χ2v) is 7.02.